The lowest BCUT2D eigenvalue weighted by molar-refractivity contribution is 0.573. The fourth-order valence-corrected chi connectivity index (χ4v) is 1.64. The summed E-state index contributed by atoms with van der Waals surface area (Å²) in [5, 5.41) is 2.58. The van der Waals surface area contributed by atoms with Gasteiger partial charge in [0.1, 0.15) is 23.3 Å². The molecule has 0 aliphatic heterocycles. The van der Waals surface area contributed by atoms with Crippen molar-refractivity contribution in [2.24, 2.45) is 0 Å². The molecule has 1 N–H and O–H groups in total. The van der Waals surface area contributed by atoms with Gasteiger partial charge in [-0.3, -0.25) is 0 Å². The average molecular weight is 269 g/mol. The second-order valence-corrected chi connectivity index (χ2v) is 4.17. The molecule has 0 unspecified atom stereocenters. The van der Waals surface area contributed by atoms with Crippen LogP contribution in [0.5, 0.6) is 0 Å². The van der Waals surface area contributed by atoms with Gasteiger partial charge in [0.25, 0.3) is 0 Å². The highest BCUT2D eigenvalue weighted by atomic mass is 19.1. The van der Waals surface area contributed by atoms with E-state index in [0.717, 1.165) is 24.3 Å². The quantitative estimate of drug-likeness (QED) is 0.825. The lowest BCUT2D eigenvalue weighted by Gasteiger charge is -2.09. The van der Waals surface area contributed by atoms with Crippen molar-refractivity contribution in [3.8, 4) is 0 Å². The van der Waals surface area contributed by atoms with E-state index >= 15 is 0 Å². The van der Waals surface area contributed by atoms with Gasteiger partial charge in [-0.25, -0.2) is 17.6 Å². The molecule has 1 nitrogen and oxygen atoms in total. The van der Waals surface area contributed by atoms with Crippen molar-refractivity contribution in [3.63, 3.8) is 0 Å². The van der Waals surface area contributed by atoms with E-state index < -0.39 is 23.3 Å². The van der Waals surface area contributed by atoms with Crippen LogP contribution in [-0.2, 0) is 6.54 Å². The van der Waals surface area contributed by atoms with Crippen LogP contribution >= 0.6 is 0 Å². The van der Waals surface area contributed by atoms with Crippen LogP contribution < -0.4 is 5.32 Å². The van der Waals surface area contributed by atoms with Crippen LogP contribution in [0, 0.1) is 30.2 Å². The summed E-state index contributed by atoms with van der Waals surface area (Å²) in [6.45, 7) is 1.38. The Morgan fingerprint density at radius 1 is 0.895 bits per heavy atom. The second-order valence-electron chi connectivity index (χ2n) is 4.17. The Balaban J connectivity index is 2.16. The molecule has 0 aliphatic carbocycles. The molecule has 0 atom stereocenters. The molecule has 0 aromatic heterocycles. The molecule has 2 aromatic rings. The molecular weight excluding hydrogens is 258 g/mol. The van der Waals surface area contributed by atoms with Crippen LogP contribution in [0.4, 0.5) is 23.2 Å². The van der Waals surface area contributed by atoms with Crippen molar-refractivity contribution in [2.75, 3.05) is 5.32 Å². The first-order valence-corrected chi connectivity index (χ1v) is 5.61. The fourth-order valence-electron chi connectivity index (χ4n) is 1.64. The second kappa shape index (κ2) is 5.30. The molecule has 0 spiro atoms. The van der Waals surface area contributed by atoms with Gasteiger partial charge in [-0.05, 0) is 24.6 Å². The Morgan fingerprint density at radius 2 is 1.63 bits per heavy atom. The zero-order valence-corrected chi connectivity index (χ0v) is 10.1. The normalized spacial score (nSPS) is 10.6. The summed E-state index contributed by atoms with van der Waals surface area (Å²) < 4.78 is 52.9. The van der Waals surface area contributed by atoms with Gasteiger partial charge in [0.05, 0.1) is 5.69 Å². The van der Waals surface area contributed by atoms with E-state index in [1.165, 1.54) is 13.0 Å². The van der Waals surface area contributed by atoms with Gasteiger partial charge in [-0.15, -0.1) is 0 Å². The molecule has 5 heteroatoms. The summed E-state index contributed by atoms with van der Waals surface area (Å²) in [6.07, 6.45) is 0. The van der Waals surface area contributed by atoms with E-state index in [0.29, 0.717) is 0 Å². The Kier molecular flexibility index (Phi) is 3.74. The highest BCUT2D eigenvalue weighted by Crippen LogP contribution is 2.20. The molecule has 0 saturated heterocycles. The van der Waals surface area contributed by atoms with Gasteiger partial charge in [-0.1, -0.05) is 6.07 Å². The number of hydrogen-bond acceptors (Lipinski definition) is 1. The smallest absolute Gasteiger partial charge is 0.146 e. The zero-order chi connectivity index (χ0) is 14.0. The van der Waals surface area contributed by atoms with E-state index in [9.17, 15) is 17.6 Å². The molecule has 2 aromatic carbocycles. The summed E-state index contributed by atoms with van der Waals surface area (Å²) in [5.74, 6) is -2.60. The Hall–Kier alpha value is -2.04. The van der Waals surface area contributed by atoms with Crippen LogP contribution in [0.1, 0.15) is 11.1 Å². The van der Waals surface area contributed by atoms with E-state index in [1.54, 1.807) is 0 Å². The summed E-state index contributed by atoms with van der Waals surface area (Å²) in [5.41, 5.74) is 0.296. The Bertz CT molecular complexity index is 611. The predicted octanol–water partition coefficient (Wildman–Crippen LogP) is 4.16. The average Bonchev–Trinajstić information content (AvgIpc) is 2.34. The molecule has 0 bridgehead atoms. The summed E-state index contributed by atoms with van der Waals surface area (Å²) >= 11 is 0. The first-order valence-electron chi connectivity index (χ1n) is 5.61. The van der Waals surface area contributed by atoms with Crippen LogP contribution in [0.2, 0.25) is 0 Å². The number of aryl methyl sites for hydroxylation is 1. The predicted molar refractivity (Wildman–Crippen MR) is 64.8 cm³/mol. The minimum atomic E-state index is -0.736. The monoisotopic (exact) mass is 269 g/mol. The molecule has 2 rings (SSSR count). The molecule has 0 aliphatic rings. The molecule has 100 valence electrons. The number of nitrogens with one attached hydrogen (secondary N) is 1. The third-order valence-electron chi connectivity index (χ3n) is 2.73. The third kappa shape index (κ3) is 3.05. The molecule has 0 saturated carbocycles. The van der Waals surface area contributed by atoms with Gasteiger partial charge >= 0.3 is 0 Å². The van der Waals surface area contributed by atoms with Crippen LogP contribution in [-0.4, -0.2) is 0 Å². The fraction of sp³-hybridized carbons (Fsp3) is 0.143. The number of rotatable bonds is 3. The van der Waals surface area contributed by atoms with Gasteiger partial charge in [0.2, 0.25) is 0 Å². The topological polar surface area (TPSA) is 12.0 Å². The van der Waals surface area contributed by atoms with Gasteiger partial charge in [-0.2, -0.15) is 0 Å². The Morgan fingerprint density at radius 3 is 2.32 bits per heavy atom. The highest BCUT2D eigenvalue weighted by Gasteiger charge is 2.08. The summed E-state index contributed by atoms with van der Waals surface area (Å²) in [7, 11) is 0. The number of hydrogen-bond donors (Lipinski definition) is 1. The number of anilines is 1. The van der Waals surface area contributed by atoms with E-state index in [-0.39, 0.29) is 23.4 Å². The molecule has 0 radical (unpaired) electrons. The van der Waals surface area contributed by atoms with Crippen LogP contribution in [0.25, 0.3) is 0 Å². The van der Waals surface area contributed by atoms with E-state index in [4.69, 9.17) is 0 Å². The standard InChI is InChI=1S/C14H11F4N/c1-8-4-13(18)14(6-11(8)16)19-7-9-2-3-10(15)5-12(9)17/h2-6,19H,7H2,1H3. The largest absolute Gasteiger partial charge is 0.378 e. The summed E-state index contributed by atoms with van der Waals surface area (Å²) in [6, 6.07) is 5.15. The van der Waals surface area contributed by atoms with Crippen LogP contribution in [0.15, 0.2) is 30.3 Å². The molecule has 19 heavy (non-hydrogen) atoms. The van der Waals surface area contributed by atoms with Crippen molar-refractivity contribution in [1.82, 2.24) is 0 Å². The molecular formula is C14H11F4N. The SMILES string of the molecule is Cc1cc(F)c(NCc2ccc(F)cc2F)cc1F. The minimum absolute atomic E-state index is 0.0631. The van der Waals surface area contributed by atoms with Crippen molar-refractivity contribution in [3.05, 3.63) is 64.7 Å². The maximum Gasteiger partial charge on any atom is 0.146 e. The molecule has 0 heterocycles. The lowest BCUT2D eigenvalue weighted by Crippen LogP contribution is -2.04. The maximum atomic E-state index is 13.5. The van der Waals surface area contributed by atoms with E-state index in [2.05, 4.69) is 5.32 Å². The molecule has 0 fully saturated rings. The van der Waals surface area contributed by atoms with E-state index in [1.807, 2.05) is 0 Å². The van der Waals surface area contributed by atoms with Gasteiger partial charge < -0.3 is 5.32 Å². The Labute approximate surface area is 107 Å². The van der Waals surface area contributed by atoms with Gasteiger partial charge in [0, 0.05) is 24.2 Å². The number of benzene rings is 2. The maximum absolute atomic E-state index is 13.5. The third-order valence-corrected chi connectivity index (χ3v) is 2.73. The molecule has 0 amide bonds. The van der Waals surface area contributed by atoms with Crippen molar-refractivity contribution < 1.29 is 17.6 Å². The van der Waals surface area contributed by atoms with Crippen molar-refractivity contribution in [1.29, 1.82) is 0 Å². The zero-order valence-electron chi connectivity index (χ0n) is 10.1. The first-order chi connectivity index (χ1) is 8.97. The lowest BCUT2D eigenvalue weighted by atomic mass is 10.1. The van der Waals surface area contributed by atoms with Crippen molar-refractivity contribution >= 4 is 5.69 Å². The number of halogens is 4. The minimum Gasteiger partial charge on any atom is -0.378 e. The van der Waals surface area contributed by atoms with Crippen molar-refractivity contribution in [2.45, 2.75) is 13.5 Å². The van der Waals surface area contributed by atoms with Crippen LogP contribution in [0.3, 0.4) is 0 Å². The van der Waals surface area contributed by atoms with Gasteiger partial charge in [0.15, 0.2) is 0 Å². The first kappa shape index (κ1) is 13.4. The summed E-state index contributed by atoms with van der Waals surface area (Å²) in [4.78, 5) is 0. The highest BCUT2D eigenvalue weighted by molar-refractivity contribution is 5.47.